The van der Waals surface area contributed by atoms with Crippen molar-refractivity contribution in [1.82, 2.24) is 5.32 Å². The van der Waals surface area contributed by atoms with Crippen LogP contribution in [0.4, 0.5) is 0 Å². The summed E-state index contributed by atoms with van der Waals surface area (Å²) < 4.78 is 10.8. The third-order valence-electron chi connectivity index (χ3n) is 2.48. The summed E-state index contributed by atoms with van der Waals surface area (Å²) in [5, 5.41) is 2.80. The fourth-order valence-electron chi connectivity index (χ4n) is 1.59. The average molecular weight is 296 g/mol. The van der Waals surface area contributed by atoms with Crippen molar-refractivity contribution in [2.45, 2.75) is 26.3 Å². The van der Waals surface area contributed by atoms with Crippen molar-refractivity contribution in [3.63, 3.8) is 0 Å². The first-order valence-corrected chi connectivity index (χ1v) is 6.75. The predicted octanol–water partition coefficient (Wildman–Crippen LogP) is 1.62. The van der Waals surface area contributed by atoms with Crippen molar-refractivity contribution in [2.75, 3.05) is 13.7 Å². The van der Waals surface area contributed by atoms with E-state index in [9.17, 15) is 4.79 Å². The number of hydrogen-bond acceptors (Lipinski definition) is 4. The maximum absolute atomic E-state index is 11.5. The van der Waals surface area contributed by atoms with Crippen LogP contribution >= 0.6 is 12.2 Å². The summed E-state index contributed by atoms with van der Waals surface area (Å²) in [7, 11) is 1.54. The summed E-state index contributed by atoms with van der Waals surface area (Å²) in [6, 6.07) is 5.33. The molecule has 1 amide bonds. The minimum Gasteiger partial charge on any atom is -0.493 e. The average Bonchev–Trinajstić information content (AvgIpc) is 2.37. The van der Waals surface area contributed by atoms with Crippen molar-refractivity contribution in [3.05, 3.63) is 23.8 Å². The zero-order valence-electron chi connectivity index (χ0n) is 11.9. The number of carbonyl (C=O) groups is 1. The molecule has 1 aromatic rings. The van der Waals surface area contributed by atoms with Crippen LogP contribution in [0.25, 0.3) is 0 Å². The maximum Gasteiger partial charge on any atom is 0.223 e. The highest BCUT2D eigenvalue weighted by Gasteiger charge is 2.09. The van der Waals surface area contributed by atoms with E-state index in [1.165, 1.54) is 7.11 Å². The van der Waals surface area contributed by atoms with E-state index in [0.29, 0.717) is 28.5 Å². The van der Waals surface area contributed by atoms with Crippen LogP contribution in [0.3, 0.4) is 0 Å². The van der Waals surface area contributed by atoms with Gasteiger partial charge in [0.2, 0.25) is 5.91 Å². The second-order valence-electron chi connectivity index (χ2n) is 4.55. The minimum absolute atomic E-state index is 0.0428. The lowest BCUT2D eigenvalue weighted by atomic mass is 10.2. The monoisotopic (exact) mass is 296 g/mol. The molecule has 0 unspecified atom stereocenters. The lowest BCUT2D eigenvalue weighted by Gasteiger charge is -2.12. The van der Waals surface area contributed by atoms with Crippen LogP contribution in [0.2, 0.25) is 0 Å². The Morgan fingerprint density at radius 3 is 2.65 bits per heavy atom. The number of benzene rings is 1. The summed E-state index contributed by atoms with van der Waals surface area (Å²) in [4.78, 5) is 11.8. The molecule has 0 atom stereocenters. The van der Waals surface area contributed by atoms with Gasteiger partial charge in [-0.05, 0) is 32.0 Å². The molecule has 0 spiro atoms. The normalized spacial score (nSPS) is 10.2. The van der Waals surface area contributed by atoms with Gasteiger partial charge in [-0.3, -0.25) is 4.79 Å². The van der Waals surface area contributed by atoms with Crippen molar-refractivity contribution in [2.24, 2.45) is 5.73 Å². The van der Waals surface area contributed by atoms with Crippen LogP contribution < -0.4 is 20.5 Å². The fourth-order valence-corrected chi connectivity index (χ4v) is 1.71. The van der Waals surface area contributed by atoms with Gasteiger partial charge in [0.1, 0.15) is 4.99 Å². The van der Waals surface area contributed by atoms with E-state index in [1.54, 1.807) is 18.2 Å². The molecule has 0 heterocycles. The largest absolute Gasteiger partial charge is 0.493 e. The molecule has 0 fully saturated rings. The molecule has 20 heavy (non-hydrogen) atoms. The van der Waals surface area contributed by atoms with Gasteiger partial charge in [0, 0.05) is 11.6 Å². The van der Waals surface area contributed by atoms with Crippen LogP contribution in [-0.2, 0) is 4.79 Å². The Hall–Kier alpha value is -1.82. The zero-order valence-corrected chi connectivity index (χ0v) is 12.8. The van der Waals surface area contributed by atoms with Gasteiger partial charge in [0.05, 0.1) is 20.1 Å². The highest BCUT2D eigenvalue weighted by Crippen LogP contribution is 2.28. The van der Waals surface area contributed by atoms with E-state index >= 15 is 0 Å². The second kappa shape index (κ2) is 7.69. The van der Waals surface area contributed by atoms with Crippen LogP contribution in [-0.4, -0.2) is 30.7 Å². The van der Waals surface area contributed by atoms with Crippen molar-refractivity contribution < 1.29 is 14.3 Å². The van der Waals surface area contributed by atoms with E-state index in [2.05, 4.69) is 5.32 Å². The molecule has 0 saturated carbocycles. The molecule has 0 aliphatic rings. The molecule has 6 heteroatoms. The number of carbonyl (C=O) groups excluding carboxylic acids is 1. The van der Waals surface area contributed by atoms with Crippen LogP contribution in [0, 0.1) is 0 Å². The quantitative estimate of drug-likeness (QED) is 0.748. The predicted molar refractivity (Wildman–Crippen MR) is 82.3 cm³/mol. The van der Waals surface area contributed by atoms with Crippen molar-refractivity contribution >= 4 is 23.1 Å². The van der Waals surface area contributed by atoms with E-state index in [1.807, 2.05) is 13.8 Å². The Morgan fingerprint density at radius 2 is 2.10 bits per heavy atom. The van der Waals surface area contributed by atoms with E-state index in [0.717, 1.165) is 0 Å². The van der Waals surface area contributed by atoms with Gasteiger partial charge >= 0.3 is 0 Å². The molecule has 1 aromatic carbocycles. The Balaban J connectivity index is 2.60. The van der Waals surface area contributed by atoms with Gasteiger partial charge in [-0.25, -0.2) is 0 Å². The maximum atomic E-state index is 11.5. The van der Waals surface area contributed by atoms with Crippen LogP contribution in [0.1, 0.15) is 25.8 Å². The molecule has 5 nitrogen and oxygen atoms in total. The lowest BCUT2D eigenvalue weighted by molar-refractivity contribution is -0.122. The van der Waals surface area contributed by atoms with Gasteiger partial charge in [-0.2, -0.15) is 0 Å². The summed E-state index contributed by atoms with van der Waals surface area (Å²) in [5.41, 5.74) is 6.27. The van der Waals surface area contributed by atoms with Crippen molar-refractivity contribution in [3.8, 4) is 11.5 Å². The van der Waals surface area contributed by atoms with Gasteiger partial charge in [-0.15, -0.1) is 0 Å². The molecule has 0 aliphatic carbocycles. The first-order chi connectivity index (χ1) is 9.43. The van der Waals surface area contributed by atoms with E-state index in [4.69, 9.17) is 27.4 Å². The SMILES string of the molecule is COc1cc(C(N)=S)ccc1OCCC(=O)NC(C)C. The smallest absolute Gasteiger partial charge is 0.223 e. The number of thiocarbonyl (C=S) groups is 1. The van der Waals surface area contributed by atoms with E-state index in [-0.39, 0.29) is 18.6 Å². The zero-order chi connectivity index (χ0) is 15.1. The molecule has 1 rings (SSSR count). The molecule has 0 aliphatic heterocycles. The molecule has 0 saturated heterocycles. The molecular weight excluding hydrogens is 276 g/mol. The van der Waals surface area contributed by atoms with E-state index < -0.39 is 0 Å². The Kier molecular flexibility index (Phi) is 6.24. The summed E-state index contributed by atoms with van der Waals surface area (Å²) in [5.74, 6) is 1.06. The summed E-state index contributed by atoms with van der Waals surface area (Å²) >= 11 is 4.90. The molecule has 0 bridgehead atoms. The second-order valence-corrected chi connectivity index (χ2v) is 4.99. The highest BCUT2D eigenvalue weighted by atomic mass is 32.1. The van der Waals surface area contributed by atoms with Gasteiger partial charge in [0.15, 0.2) is 11.5 Å². The molecule has 110 valence electrons. The molecule has 3 N–H and O–H groups in total. The van der Waals surface area contributed by atoms with Gasteiger partial charge in [-0.1, -0.05) is 12.2 Å². The topological polar surface area (TPSA) is 73.6 Å². The number of rotatable bonds is 7. The third kappa shape index (κ3) is 5.05. The highest BCUT2D eigenvalue weighted by molar-refractivity contribution is 7.80. The van der Waals surface area contributed by atoms with Gasteiger partial charge < -0.3 is 20.5 Å². The number of hydrogen-bond donors (Lipinski definition) is 2. The lowest BCUT2D eigenvalue weighted by Crippen LogP contribution is -2.31. The Labute approximate surface area is 124 Å². The fraction of sp³-hybridized carbons (Fsp3) is 0.429. The van der Waals surface area contributed by atoms with Crippen molar-refractivity contribution in [1.29, 1.82) is 0 Å². The number of ether oxygens (including phenoxy) is 2. The molecule has 0 radical (unpaired) electrons. The van der Waals surface area contributed by atoms with Gasteiger partial charge in [0.25, 0.3) is 0 Å². The Bertz CT molecular complexity index is 489. The van der Waals surface area contributed by atoms with Crippen LogP contribution in [0.5, 0.6) is 11.5 Å². The first-order valence-electron chi connectivity index (χ1n) is 6.34. The van der Waals surface area contributed by atoms with Crippen LogP contribution in [0.15, 0.2) is 18.2 Å². The minimum atomic E-state index is -0.0428. The Morgan fingerprint density at radius 1 is 1.40 bits per heavy atom. The number of amides is 1. The third-order valence-corrected chi connectivity index (χ3v) is 2.72. The molecule has 0 aromatic heterocycles. The number of methoxy groups -OCH3 is 1. The summed E-state index contributed by atoms with van der Waals surface area (Å²) in [6.45, 7) is 4.10. The standard InChI is InChI=1S/C14H20N2O3S/c1-9(2)16-13(17)6-7-19-11-5-4-10(14(15)20)8-12(11)18-3/h4-5,8-9H,6-7H2,1-3H3,(H2,15,20)(H,16,17). The molecular formula is C14H20N2O3S. The summed E-state index contributed by atoms with van der Waals surface area (Å²) in [6.07, 6.45) is 0.290. The first kappa shape index (κ1) is 16.2. The number of nitrogens with two attached hydrogens (primary N) is 1. The number of nitrogens with one attached hydrogen (secondary N) is 1.